The van der Waals surface area contributed by atoms with Crippen molar-refractivity contribution >= 4 is 10.8 Å². The van der Waals surface area contributed by atoms with Crippen molar-refractivity contribution in [2.24, 2.45) is 0 Å². The Hall–Kier alpha value is -1.48. The molecule has 1 aromatic heterocycles. The molecule has 2 rings (SSSR count). The molecule has 1 N–H and O–H groups in total. The number of aliphatic hydroxyl groups excluding tert-OH is 1. The van der Waals surface area contributed by atoms with Crippen LogP contribution in [0.3, 0.4) is 0 Å². The summed E-state index contributed by atoms with van der Waals surface area (Å²) >= 11 is 0. The predicted octanol–water partition coefficient (Wildman–Crippen LogP) is 1.55. The van der Waals surface area contributed by atoms with E-state index in [0.717, 1.165) is 29.3 Å². The van der Waals surface area contributed by atoms with E-state index in [0.29, 0.717) is 0 Å². The maximum Gasteiger partial charge on any atom is 0.0710 e. The standard InChI is InChI=1S/C11H12N2O/c14-7-3-6-11-10-5-2-1-4-9(10)8-12-13-11/h1-2,4-5,8,14H,3,6-7H2. The molecule has 0 bridgehead atoms. The number of hydrogen-bond acceptors (Lipinski definition) is 3. The van der Waals surface area contributed by atoms with E-state index in [1.165, 1.54) is 0 Å². The van der Waals surface area contributed by atoms with Crippen LogP contribution < -0.4 is 0 Å². The van der Waals surface area contributed by atoms with Crippen molar-refractivity contribution in [3.63, 3.8) is 0 Å². The highest BCUT2D eigenvalue weighted by molar-refractivity contribution is 5.83. The third-order valence-corrected chi connectivity index (χ3v) is 2.22. The first-order valence-corrected chi connectivity index (χ1v) is 4.72. The largest absolute Gasteiger partial charge is 0.396 e. The van der Waals surface area contributed by atoms with Gasteiger partial charge >= 0.3 is 0 Å². The molecule has 0 saturated heterocycles. The van der Waals surface area contributed by atoms with Crippen molar-refractivity contribution in [1.82, 2.24) is 10.2 Å². The SMILES string of the molecule is OCCCc1nncc2ccccc12. The zero-order valence-electron chi connectivity index (χ0n) is 7.85. The summed E-state index contributed by atoms with van der Waals surface area (Å²) in [5.41, 5.74) is 0.970. The number of nitrogens with zero attached hydrogens (tertiary/aromatic N) is 2. The van der Waals surface area contributed by atoms with E-state index < -0.39 is 0 Å². The van der Waals surface area contributed by atoms with E-state index in [1.54, 1.807) is 6.20 Å². The number of benzene rings is 1. The molecule has 3 nitrogen and oxygen atoms in total. The van der Waals surface area contributed by atoms with Crippen molar-refractivity contribution in [3.05, 3.63) is 36.2 Å². The number of rotatable bonds is 3. The minimum absolute atomic E-state index is 0.199. The lowest BCUT2D eigenvalue weighted by molar-refractivity contribution is 0.288. The van der Waals surface area contributed by atoms with E-state index in [1.807, 2.05) is 24.3 Å². The summed E-state index contributed by atoms with van der Waals surface area (Å²) in [5.74, 6) is 0. The molecule has 0 aliphatic carbocycles. The molecule has 0 saturated carbocycles. The van der Waals surface area contributed by atoms with Crippen LogP contribution in [0.15, 0.2) is 30.5 Å². The minimum Gasteiger partial charge on any atom is -0.396 e. The fraction of sp³-hybridized carbons (Fsp3) is 0.273. The van der Waals surface area contributed by atoms with Gasteiger partial charge in [0.2, 0.25) is 0 Å². The first kappa shape index (κ1) is 9.09. The molecule has 0 fully saturated rings. The Morgan fingerprint density at radius 2 is 2.07 bits per heavy atom. The molecule has 1 aromatic carbocycles. The Bertz CT molecular complexity index is 423. The van der Waals surface area contributed by atoms with Crippen LogP contribution in [0, 0.1) is 0 Å². The molecule has 0 aliphatic rings. The maximum atomic E-state index is 8.75. The van der Waals surface area contributed by atoms with Gasteiger partial charge in [0, 0.05) is 17.4 Å². The minimum atomic E-state index is 0.199. The maximum absolute atomic E-state index is 8.75. The van der Waals surface area contributed by atoms with Crippen molar-refractivity contribution in [1.29, 1.82) is 0 Å². The number of aryl methyl sites for hydroxylation is 1. The molecule has 0 unspecified atom stereocenters. The van der Waals surface area contributed by atoms with E-state index in [2.05, 4.69) is 10.2 Å². The fourth-order valence-corrected chi connectivity index (χ4v) is 1.52. The summed E-state index contributed by atoms with van der Waals surface area (Å²) in [6.45, 7) is 0.199. The van der Waals surface area contributed by atoms with Gasteiger partial charge in [0.15, 0.2) is 0 Å². The average molecular weight is 188 g/mol. The molecule has 0 spiro atoms. The molecule has 0 radical (unpaired) electrons. The molecule has 0 aliphatic heterocycles. The van der Waals surface area contributed by atoms with Gasteiger partial charge in [0.05, 0.1) is 11.9 Å². The lowest BCUT2D eigenvalue weighted by Crippen LogP contribution is -1.96. The quantitative estimate of drug-likeness (QED) is 0.795. The summed E-state index contributed by atoms with van der Waals surface area (Å²) in [4.78, 5) is 0. The third-order valence-electron chi connectivity index (χ3n) is 2.22. The van der Waals surface area contributed by atoms with E-state index in [9.17, 15) is 0 Å². The molecule has 0 amide bonds. The van der Waals surface area contributed by atoms with Gasteiger partial charge in [-0.25, -0.2) is 0 Å². The zero-order valence-corrected chi connectivity index (χ0v) is 7.85. The normalized spacial score (nSPS) is 10.6. The highest BCUT2D eigenvalue weighted by Crippen LogP contribution is 2.15. The monoisotopic (exact) mass is 188 g/mol. The topological polar surface area (TPSA) is 46.0 Å². The first-order chi connectivity index (χ1) is 6.92. The van der Waals surface area contributed by atoms with Gasteiger partial charge in [0.25, 0.3) is 0 Å². The molecular formula is C11H12N2O. The Labute approximate surface area is 82.4 Å². The molecule has 2 aromatic rings. The Morgan fingerprint density at radius 1 is 1.21 bits per heavy atom. The summed E-state index contributed by atoms with van der Waals surface area (Å²) in [5, 5.41) is 19.0. The lowest BCUT2D eigenvalue weighted by atomic mass is 10.1. The van der Waals surface area contributed by atoms with Crippen molar-refractivity contribution in [3.8, 4) is 0 Å². The number of fused-ring (bicyclic) bond motifs is 1. The number of hydrogen-bond donors (Lipinski definition) is 1. The second kappa shape index (κ2) is 4.15. The molecule has 3 heteroatoms. The zero-order chi connectivity index (χ0) is 9.80. The van der Waals surface area contributed by atoms with Gasteiger partial charge in [-0.3, -0.25) is 0 Å². The van der Waals surface area contributed by atoms with Gasteiger partial charge in [-0.2, -0.15) is 10.2 Å². The summed E-state index contributed by atoms with van der Waals surface area (Å²) in [7, 11) is 0. The lowest BCUT2D eigenvalue weighted by Gasteiger charge is -2.02. The van der Waals surface area contributed by atoms with Crippen LogP contribution in [-0.2, 0) is 6.42 Å². The van der Waals surface area contributed by atoms with Gasteiger partial charge < -0.3 is 5.11 Å². The summed E-state index contributed by atoms with van der Waals surface area (Å²) < 4.78 is 0. The van der Waals surface area contributed by atoms with E-state index in [-0.39, 0.29) is 6.61 Å². The van der Waals surface area contributed by atoms with Crippen molar-refractivity contribution in [2.75, 3.05) is 6.61 Å². The summed E-state index contributed by atoms with van der Waals surface area (Å²) in [6.07, 6.45) is 3.28. The molecule has 14 heavy (non-hydrogen) atoms. The first-order valence-electron chi connectivity index (χ1n) is 4.72. The fourth-order valence-electron chi connectivity index (χ4n) is 1.52. The Balaban J connectivity index is 2.43. The van der Waals surface area contributed by atoms with Crippen LogP contribution in [0.4, 0.5) is 0 Å². The summed E-state index contributed by atoms with van der Waals surface area (Å²) in [6, 6.07) is 8.04. The van der Waals surface area contributed by atoms with Crippen LogP contribution in [0.2, 0.25) is 0 Å². The van der Waals surface area contributed by atoms with Crippen molar-refractivity contribution < 1.29 is 5.11 Å². The van der Waals surface area contributed by atoms with Gasteiger partial charge in [0.1, 0.15) is 0 Å². The van der Waals surface area contributed by atoms with Crippen LogP contribution in [0.5, 0.6) is 0 Å². The Morgan fingerprint density at radius 3 is 2.93 bits per heavy atom. The highest BCUT2D eigenvalue weighted by atomic mass is 16.2. The molecule has 1 heterocycles. The van der Waals surface area contributed by atoms with Gasteiger partial charge in [-0.05, 0) is 12.8 Å². The number of aromatic nitrogens is 2. The predicted molar refractivity (Wildman–Crippen MR) is 54.9 cm³/mol. The highest BCUT2D eigenvalue weighted by Gasteiger charge is 2.01. The smallest absolute Gasteiger partial charge is 0.0710 e. The van der Waals surface area contributed by atoms with Crippen LogP contribution in [0.1, 0.15) is 12.1 Å². The Kier molecular flexibility index (Phi) is 2.70. The molecule has 0 atom stereocenters. The van der Waals surface area contributed by atoms with Gasteiger partial charge in [-0.15, -0.1) is 0 Å². The third kappa shape index (κ3) is 1.72. The average Bonchev–Trinajstić information content (AvgIpc) is 2.26. The number of aliphatic hydroxyl groups is 1. The van der Waals surface area contributed by atoms with Crippen LogP contribution in [-0.4, -0.2) is 21.9 Å². The van der Waals surface area contributed by atoms with Crippen LogP contribution >= 0.6 is 0 Å². The van der Waals surface area contributed by atoms with E-state index >= 15 is 0 Å². The van der Waals surface area contributed by atoms with Gasteiger partial charge in [-0.1, -0.05) is 24.3 Å². The second-order valence-electron chi connectivity index (χ2n) is 3.21. The molecule has 72 valence electrons. The molecular weight excluding hydrogens is 176 g/mol. The van der Waals surface area contributed by atoms with E-state index in [4.69, 9.17) is 5.11 Å². The van der Waals surface area contributed by atoms with Crippen molar-refractivity contribution in [2.45, 2.75) is 12.8 Å². The second-order valence-corrected chi connectivity index (χ2v) is 3.21. The van der Waals surface area contributed by atoms with Crippen LogP contribution in [0.25, 0.3) is 10.8 Å².